The summed E-state index contributed by atoms with van der Waals surface area (Å²) in [6, 6.07) is 13.1. The number of rotatable bonds is 7. The highest BCUT2D eigenvalue weighted by atomic mass is 16.5. The predicted molar refractivity (Wildman–Crippen MR) is 122 cm³/mol. The van der Waals surface area contributed by atoms with Crippen LogP contribution in [-0.4, -0.2) is 61.3 Å². The fraction of sp³-hybridized carbons (Fsp3) is 0.273. The Morgan fingerprint density at radius 1 is 1.03 bits per heavy atom. The van der Waals surface area contributed by atoms with Crippen LogP contribution in [0.1, 0.15) is 10.4 Å². The molecule has 4 rings (SSSR count). The number of ether oxygens (including phenoxy) is 2. The SMILES string of the molecule is CNC(=O)c1ccccc1Nc1ncnc(Nc2ccc(N3CCOCC3)cc2OC)n1. The minimum Gasteiger partial charge on any atom is -0.494 e. The van der Waals surface area contributed by atoms with Gasteiger partial charge in [-0.1, -0.05) is 12.1 Å². The van der Waals surface area contributed by atoms with Gasteiger partial charge in [-0.05, 0) is 24.3 Å². The van der Waals surface area contributed by atoms with Crippen molar-refractivity contribution < 1.29 is 14.3 Å². The third kappa shape index (κ3) is 4.86. The van der Waals surface area contributed by atoms with Crippen molar-refractivity contribution in [3.63, 3.8) is 0 Å². The summed E-state index contributed by atoms with van der Waals surface area (Å²) in [5.41, 5.74) is 2.88. The standard InChI is InChI=1S/C22H25N7O3/c1-23-20(30)16-5-3-4-6-17(16)26-21-24-14-25-22(28-21)27-18-8-7-15(13-19(18)31-2)29-9-11-32-12-10-29/h3-8,13-14H,9-12H2,1-2H3,(H,23,30)(H2,24,25,26,27,28). The monoisotopic (exact) mass is 435 g/mol. The normalized spacial score (nSPS) is 13.4. The summed E-state index contributed by atoms with van der Waals surface area (Å²) in [5.74, 6) is 1.12. The van der Waals surface area contributed by atoms with E-state index >= 15 is 0 Å². The lowest BCUT2D eigenvalue weighted by Gasteiger charge is -2.29. The number of methoxy groups -OCH3 is 1. The van der Waals surface area contributed by atoms with Gasteiger partial charge in [0.15, 0.2) is 0 Å². The average molecular weight is 435 g/mol. The second kappa shape index (κ2) is 9.92. The number of morpholine rings is 1. The number of hydrogen-bond acceptors (Lipinski definition) is 9. The average Bonchev–Trinajstić information content (AvgIpc) is 2.85. The smallest absolute Gasteiger partial charge is 0.253 e. The van der Waals surface area contributed by atoms with Crippen LogP contribution in [0.25, 0.3) is 0 Å². The van der Waals surface area contributed by atoms with Crippen molar-refractivity contribution >= 4 is 34.9 Å². The molecule has 3 aromatic rings. The summed E-state index contributed by atoms with van der Waals surface area (Å²) in [6.07, 6.45) is 1.40. The maximum Gasteiger partial charge on any atom is 0.253 e. The van der Waals surface area contributed by atoms with Gasteiger partial charge in [0, 0.05) is 31.9 Å². The van der Waals surface area contributed by atoms with Gasteiger partial charge in [0.05, 0.1) is 37.3 Å². The van der Waals surface area contributed by atoms with E-state index in [1.807, 2.05) is 24.3 Å². The summed E-state index contributed by atoms with van der Waals surface area (Å²) in [6.45, 7) is 3.11. The number of benzene rings is 2. The van der Waals surface area contributed by atoms with Crippen LogP contribution >= 0.6 is 0 Å². The summed E-state index contributed by atoms with van der Waals surface area (Å²) < 4.78 is 11.0. The highest BCUT2D eigenvalue weighted by molar-refractivity contribution is 5.99. The molecule has 0 radical (unpaired) electrons. The van der Waals surface area contributed by atoms with E-state index in [4.69, 9.17) is 9.47 Å². The minimum absolute atomic E-state index is 0.203. The second-order valence-corrected chi connectivity index (χ2v) is 6.99. The number of nitrogens with zero attached hydrogens (tertiary/aromatic N) is 4. The van der Waals surface area contributed by atoms with Gasteiger partial charge in [-0.25, -0.2) is 9.97 Å². The van der Waals surface area contributed by atoms with Crippen molar-refractivity contribution in [3.05, 3.63) is 54.4 Å². The number of para-hydroxylation sites is 1. The first kappa shape index (κ1) is 21.3. The number of carbonyl (C=O) groups is 1. The molecule has 10 nitrogen and oxygen atoms in total. The van der Waals surface area contributed by atoms with Crippen LogP contribution in [-0.2, 0) is 4.74 Å². The molecule has 1 amide bonds. The number of hydrogen-bond donors (Lipinski definition) is 3. The van der Waals surface area contributed by atoms with E-state index in [0.717, 1.165) is 24.5 Å². The number of carbonyl (C=O) groups excluding carboxylic acids is 1. The van der Waals surface area contributed by atoms with Crippen LogP contribution in [0.5, 0.6) is 5.75 Å². The molecule has 0 atom stereocenters. The van der Waals surface area contributed by atoms with E-state index < -0.39 is 0 Å². The van der Waals surface area contributed by atoms with Gasteiger partial charge >= 0.3 is 0 Å². The Hall–Kier alpha value is -3.92. The molecule has 2 aromatic carbocycles. The highest BCUT2D eigenvalue weighted by Gasteiger charge is 2.15. The van der Waals surface area contributed by atoms with Crippen molar-refractivity contribution in [2.24, 2.45) is 0 Å². The summed E-state index contributed by atoms with van der Waals surface area (Å²) in [4.78, 5) is 27.1. The number of amides is 1. The number of aromatic nitrogens is 3. The van der Waals surface area contributed by atoms with E-state index in [0.29, 0.717) is 42.1 Å². The minimum atomic E-state index is -0.203. The number of anilines is 5. The van der Waals surface area contributed by atoms with Gasteiger partial charge in [0.2, 0.25) is 11.9 Å². The first-order valence-corrected chi connectivity index (χ1v) is 10.2. The van der Waals surface area contributed by atoms with Crippen LogP contribution in [0.2, 0.25) is 0 Å². The number of nitrogens with one attached hydrogen (secondary N) is 3. The topological polar surface area (TPSA) is 114 Å². The predicted octanol–water partition coefficient (Wildman–Crippen LogP) is 2.56. The van der Waals surface area contributed by atoms with Gasteiger partial charge in [-0.2, -0.15) is 4.98 Å². The Labute approximate surface area is 186 Å². The zero-order valence-electron chi connectivity index (χ0n) is 18.0. The van der Waals surface area contributed by atoms with Crippen molar-refractivity contribution in [1.82, 2.24) is 20.3 Å². The fourth-order valence-corrected chi connectivity index (χ4v) is 3.38. The molecule has 0 aliphatic carbocycles. The molecular formula is C22H25N7O3. The van der Waals surface area contributed by atoms with Crippen molar-refractivity contribution in [2.45, 2.75) is 0 Å². The van der Waals surface area contributed by atoms with Crippen LogP contribution in [0.4, 0.5) is 29.0 Å². The first-order valence-electron chi connectivity index (χ1n) is 10.2. The largest absolute Gasteiger partial charge is 0.494 e. The third-order valence-corrected chi connectivity index (χ3v) is 5.02. The zero-order chi connectivity index (χ0) is 22.3. The van der Waals surface area contributed by atoms with Gasteiger partial charge in [-0.15, -0.1) is 0 Å². The molecule has 1 aliphatic rings. The molecule has 1 aromatic heterocycles. The Kier molecular flexibility index (Phi) is 6.61. The van der Waals surface area contributed by atoms with Gasteiger partial charge in [-0.3, -0.25) is 4.79 Å². The van der Waals surface area contributed by atoms with Gasteiger partial charge in [0.25, 0.3) is 5.91 Å². The van der Waals surface area contributed by atoms with E-state index in [9.17, 15) is 4.79 Å². The molecule has 0 spiro atoms. The highest BCUT2D eigenvalue weighted by Crippen LogP contribution is 2.32. The summed E-state index contributed by atoms with van der Waals surface area (Å²) >= 11 is 0. The Balaban J connectivity index is 1.53. The lowest BCUT2D eigenvalue weighted by molar-refractivity contribution is 0.0964. The first-order chi connectivity index (χ1) is 15.7. The molecule has 0 unspecified atom stereocenters. The Morgan fingerprint density at radius 2 is 1.75 bits per heavy atom. The molecule has 10 heteroatoms. The Morgan fingerprint density at radius 3 is 2.47 bits per heavy atom. The lowest BCUT2D eigenvalue weighted by Crippen LogP contribution is -2.36. The molecule has 1 saturated heterocycles. The lowest BCUT2D eigenvalue weighted by atomic mass is 10.1. The van der Waals surface area contributed by atoms with E-state index in [1.165, 1.54) is 6.33 Å². The van der Waals surface area contributed by atoms with Crippen molar-refractivity contribution in [3.8, 4) is 5.75 Å². The van der Waals surface area contributed by atoms with Crippen LogP contribution in [0, 0.1) is 0 Å². The van der Waals surface area contributed by atoms with Crippen molar-refractivity contribution in [1.29, 1.82) is 0 Å². The molecule has 166 valence electrons. The molecule has 3 N–H and O–H groups in total. The third-order valence-electron chi connectivity index (χ3n) is 5.02. The molecule has 32 heavy (non-hydrogen) atoms. The zero-order valence-corrected chi connectivity index (χ0v) is 18.0. The molecule has 0 saturated carbocycles. The van der Waals surface area contributed by atoms with Crippen LogP contribution in [0.3, 0.4) is 0 Å². The molecule has 1 aliphatic heterocycles. The molecule has 0 bridgehead atoms. The maximum atomic E-state index is 12.1. The maximum absolute atomic E-state index is 12.1. The molecule has 2 heterocycles. The van der Waals surface area contributed by atoms with Crippen LogP contribution in [0.15, 0.2) is 48.8 Å². The van der Waals surface area contributed by atoms with Gasteiger partial charge < -0.3 is 30.3 Å². The van der Waals surface area contributed by atoms with E-state index in [-0.39, 0.29) is 5.91 Å². The Bertz CT molecular complexity index is 1090. The van der Waals surface area contributed by atoms with E-state index in [2.05, 4.69) is 35.8 Å². The fourth-order valence-electron chi connectivity index (χ4n) is 3.38. The summed E-state index contributed by atoms with van der Waals surface area (Å²) in [5, 5.41) is 8.88. The molecule has 1 fully saturated rings. The molecular weight excluding hydrogens is 410 g/mol. The van der Waals surface area contributed by atoms with Gasteiger partial charge in [0.1, 0.15) is 12.1 Å². The summed E-state index contributed by atoms with van der Waals surface area (Å²) in [7, 11) is 3.21. The quantitative estimate of drug-likeness (QED) is 0.515. The van der Waals surface area contributed by atoms with E-state index in [1.54, 1.807) is 32.4 Å². The van der Waals surface area contributed by atoms with Crippen molar-refractivity contribution in [2.75, 3.05) is 56.0 Å². The second-order valence-electron chi connectivity index (χ2n) is 6.99. The van der Waals surface area contributed by atoms with Crippen LogP contribution < -0.4 is 25.6 Å².